The Kier molecular flexibility index (Phi) is 10.0. The molecule has 0 atom stereocenters. The van der Waals surface area contributed by atoms with E-state index in [-0.39, 0.29) is 0 Å². The van der Waals surface area contributed by atoms with E-state index in [9.17, 15) is 4.79 Å². The summed E-state index contributed by atoms with van der Waals surface area (Å²) in [5, 5.41) is 0. The van der Waals surface area contributed by atoms with E-state index in [4.69, 9.17) is 0 Å². The van der Waals surface area contributed by atoms with Crippen LogP contribution in [0.25, 0.3) is 0 Å². The van der Waals surface area contributed by atoms with Crippen LogP contribution in [0.1, 0.15) is 58.3 Å². The molecule has 3 heteroatoms. The third-order valence-corrected chi connectivity index (χ3v) is 4.21. The first-order valence-electron chi connectivity index (χ1n) is 8.25. The van der Waals surface area contributed by atoms with E-state index < -0.39 is 0 Å². The number of likely N-dealkylation sites (N-methyl/N-ethyl adjacent to an activating group) is 1. The molecule has 1 rings (SSSR count). The van der Waals surface area contributed by atoms with E-state index in [2.05, 4.69) is 16.7 Å². The van der Waals surface area contributed by atoms with Gasteiger partial charge in [-0.15, -0.1) is 0 Å². The first-order valence-corrected chi connectivity index (χ1v) is 8.25. The van der Waals surface area contributed by atoms with Gasteiger partial charge >= 0.3 is 0 Å². The number of carbonyl (C=O) groups excluding carboxylic acids is 1. The van der Waals surface area contributed by atoms with Crippen LogP contribution in [-0.4, -0.2) is 55.4 Å². The van der Waals surface area contributed by atoms with Crippen molar-refractivity contribution in [1.29, 1.82) is 0 Å². The molecule has 1 fully saturated rings. The molecule has 19 heavy (non-hydrogen) atoms. The fourth-order valence-corrected chi connectivity index (χ4v) is 2.78. The molecular formula is C16H32N2O. The Balaban J connectivity index is 1.82. The lowest BCUT2D eigenvalue weighted by Gasteiger charge is -2.33. The normalized spacial score (nSPS) is 17.7. The molecule has 0 N–H and O–H groups in total. The zero-order valence-corrected chi connectivity index (χ0v) is 12.8. The van der Waals surface area contributed by atoms with Crippen molar-refractivity contribution >= 4 is 6.29 Å². The molecule has 3 nitrogen and oxygen atoms in total. The first kappa shape index (κ1) is 16.6. The van der Waals surface area contributed by atoms with Gasteiger partial charge in [-0.1, -0.05) is 39.0 Å². The second kappa shape index (κ2) is 11.4. The third kappa shape index (κ3) is 8.38. The van der Waals surface area contributed by atoms with Crippen LogP contribution in [0, 0.1) is 0 Å². The van der Waals surface area contributed by atoms with Gasteiger partial charge in [-0.2, -0.15) is 0 Å². The molecule has 0 bridgehead atoms. The van der Waals surface area contributed by atoms with Crippen molar-refractivity contribution in [2.24, 2.45) is 0 Å². The summed E-state index contributed by atoms with van der Waals surface area (Å²) in [5.41, 5.74) is 0. The number of rotatable bonds is 11. The van der Waals surface area contributed by atoms with Crippen LogP contribution in [0.5, 0.6) is 0 Å². The summed E-state index contributed by atoms with van der Waals surface area (Å²) < 4.78 is 0. The average Bonchev–Trinajstić information content (AvgIpc) is 2.46. The molecule has 0 aromatic heterocycles. The Bertz CT molecular complexity index is 213. The molecule has 1 saturated heterocycles. The van der Waals surface area contributed by atoms with Crippen molar-refractivity contribution in [3.63, 3.8) is 0 Å². The number of aldehydes is 1. The average molecular weight is 268 g/mol. The lowest BCUT2D eigenvalue weighted by Crippen LogP contribution is -2.46. The number of hydrogen-bond acceptors (Lipinski definition) is 3. The van der Waals surface area contributed by atoms with Crippen LogP contribution in [0.2, 0.25) is 0 Å². The van der Waals surface area contributed by atoms with Crippen molar-refractivity contribution in [3.05, 3.63) is 0 Å². The minimum absolute atomic E-state index is 0.754. The molecule has 1 heterocycles. The minimum Gasteiger partial charge on any atom is -0.303 e. The molecule has 1 aliphatic rings. The van der Waals surface area contributed by atoms with Gasteiger partial charge in [-0.25, -0.2) is 0 Å². The Hall–Kier alpha value is -0.410. The van der Waals surface area contributed by atoms with E-state index in [0.29, 0.717) is 0 Å². The molecule has 0 unspecified atom stereocenters. The van der Waals surface area contributed by atoms with Crippen LogP contribution in [0.3, 0.4) is 0 Å². The molecule has 1 aliphatic heterocycles. The zero-order chi connectivity index (χ0) is 13.8. The molecule has 0 aromatic carbocycles. The van der Waals surface area contributed by atoms with E-state index >= 15 is 0 Å². The highest BCUT2D eigenvalue weighted by atomic mass is 16.1. The summed E-state index contributed by atoms with van der Waals surface area (Å²) in [4.78, 5) is 15.3. The number of hydrogen-bond donors (Lipinski definition) is 0. The molecule has 112 valence electrons. The SMILES string of the molecule is CCN1CCN(CCCCCCCCCC=O)CC1. The predicted molar refractivity (Wildman–Crippen MR) is 81.6 cm³/mol. The van der Waals surface area contributed by atoms with Crippen LogP contribution in [0.4, 0.5) is 0 Å². The monoisotopic (exact) mass is 268 g/mol. The van der Waals surface area contributed by atoms with Gasteiger partial charge < -0.3 is 14.6 Å². The molecule has 0 saturated carbocycles. The molecule has 0 aromatic rings. The molecule has 0 amide bonds. The predicted octanol–water partition coefficient (Wildman–Crippen LogP) is 2.94. The lowest BCUT2D eigenvalue weighted by molar-refractivity contribution is -0.107. The van der Waals surface area contributed by atoms with Gasteiger partial charge in [-0.05, 0) is 25.9 Å². The Morgan fingerprint density at radius 2 is 1.32 bits per heavy atom. The second-order valence-corrected chi connectivity index (χ2v) is 5.71. The van der Waals surface area contributed by atoms with Crippen molar-refractivity contribution in [2.75, 3.05) is 39.3 Å². The van der Waals surface area contributed by atoms with Crippen LogP contribution < -0.4 is 0 Å². The van der Waals surface area contributed by atoms with E-state index in [1.165, 1.54) is 77.8 Å². The van der Waals surface area contributed by atoms with Crippen LogP contribution in [0.15, 0.2) is 0 Å². The zero-order valence-electron chi connectivity index (χ0n) is 12.8. The Labute approximate surface area is 119 Å². The van der Waals surface area contributed by atoms with Gasteiger partial charge in [-0.3, -0.25) is 0 Å². The van der Waals surface area contributed by atoms with Crippen LogP contribution in [-0.2, 0) is 4.79 Å². The lowest BCUT2D eigenvalue weighted by atomic mass is 10.1. The summed E-state index contributed by atoms with van der Waals surface area (Å²) in [5.74, 6) is 0. The smallest absolute Gasteiger partial charge is 0.119 e. The van der Waals surface area contributed by atoms with Crippen molar-refractivity contribution < 1.29 is 4.79 Å². The maximum Gasteiger partial charge on any atom is 0.119 e. The van der Waals surface area contributed by atoms with Gasteiger partial charge in [0.25, 0.3) is 0 Å². The Morgan fingerprint density at radius 3 is 1.89 bits per heavy atom. The number of piperazine rings is 1. The standard InChI is InChI=1S/C16H32N2O/c1-2-17-12-14-18(15-13-17)11-9-7-5-3-4-6-8-10-16-19/h16H,2-15H2,1H3. The van der Waals surface area contributed by atoms with Crippen molar-refractivity contribution in [2.45, 2.75) is 58.3 Å². The summed E-state index contributed by atoms with van der Waals surface area (Å²) >= 11 is 0. The Morgan fingerprint density at radius 1 is 0.789 bits per heavy atom. The summed E-state index contributed by atoms with van der Waals surface area (Å²) in [6.07, 6.45) is 10.9. The summed E-state index contributed by atoms with van der Waals surface area (Å²) in [6, 6.07) is 0. The van der Waals surface area contributed by atoms with Gasteiger partial charge in [0.2, 0.25) is 0 Å². The first-order chi connectivity index (χ1) is 9.36. The largest absolute Gasteiger partial charge is 0.303 e. The van der Waals surface area contributed by atoms with Gasteiger partial charge in [0, 0.05) is 32.6 Å². The maximum atomic E-state index is 10.2. The van der Waals surface area contributed by atoms with E-state index in [1.54, 1.807) is 0 Å². The topological polar surface area (TPSA) is 23.6 Å². The molecule has 0 aliphatic carbocycles. The van der Waals surface area contributed by atoms with E-state index in [1.807, 2.05) is 0 Å². The third-order valence-electron chi connectivity index (χ3n) is 4.21. The molecular weight excluding hydrogens is 236 g/mol. The number of unbranched alkanes of at least 4 members (excludes halogenated alkanes) is 7. The highest BCUT2D eigenvalue weighted by Gasteiger charge is 2.14. The van der Waals surface area contributed by atoms with E-state index in [0.717, 1.165) is 19.1 Å². The fraction of sp³-hybridized carbons (Fsp3) is 0.938. The second-order valence-electron chi connectivity index (χ2n) is 5.71. The van der Waals surface area contributed by atoms with Gasteiger partial charge in [0.05, 0.1) is 0 Å². The number of carbonyl (C=O) groups is 1. The van der Waals surface area contributed by atoms with Gasteiger partial charge in [0.1, 0.15) is 6.29 Å². The summed E-state index contributed by atoms with van der Waals surface area (Å²) in [6.45, 7) is 9.80. The number of nitrogens with zero attached hydrogens (tertiary/aromatic N) is 2. The van der Waals surface area contributed by atoms with Crippen LogP contribution >= 0.6 is 0 Å². The molecule has 0 spiro atoms. The highest BCUT2D eigenvalue weighted by molar-refractivity contribution is 5.48. The quantitative estimate of drug-likeness (QED) is 0.425. The fourth-order valence-electron chi connectivity index (χ4n) is 2.78. The molecule has 0 radical (unpaired) electrons. The maximum absolute atomic E-state index is 10.2. The highest BCUT2D eigenvalue weighted by Crippen LogP contribution is 2.09. The van der Waals surface area contributed by atoms with Crippen molar-refractivity contribution in [1.82, 2.24) is 9.80 Å². The van der Waals surface area contributed by atoms with Crippen molar-refractivity contribution in [3.8, 4) is 0 Å². The van der Waals surface area contributed by atoms with Gasteiger partial charge in [0.15, 0.2) is 0 Å². The summed E-state index contributed by atoms with van der Waals surface area (Å²) in [7, 11) is 0. The minimum atomic E-state index is 0.754.